The summed E-state index contributed by atoms with van der Waals surface area (Å²) in [4.78, 5) is 18.7. The number of hydrogen-bond donors (Lipinski definition) is 1. The zero-order chi connectivity index (χ0) is 20.2. The van der Waals surface area contributed by atoms with Crippen LogP contribution in [0.3, 0.4) is 0 Å². The Hall–Kier alpha value is -3.14. The van der Waals surface area contributed by atoms with Crippen molar-refractivity contribution in [2.24, 2.45) is 0 Å². The molecule has 4 rings (SSSR count). The van der Waals surface area contributed by atoms with Crippen molar-refractivity contribution in [1.29, 1.82) is 0 Å². The Morgan fingerprint density at radius 3 is 2.90 bits per heavy atom. The van der Waals surface area contributed by atoms with E-state index in [1.807, 2.05) is 4.90 Å². The Morgan fingerprint density at radius 2 is 2.14 bits per heavy atom. The Bertz CT molecular complexity index is 970. The third kappa shape index (κ3) is 4.48. The van der Waals surface area contributed by atoms with Crippen LogP contribution in [0.4, 0.5) is 4.39 Å². The highest BCUT2D eigenvalue weighted by Gasteiger charge is 2.26. The maximum absolute atomic E-state index is 13.0. The summed E-state index contributed by atoms with van der Waals surface area (Å²) < 4.78 is 20.0. The van der Waals surface area contributed by atoms with Crippen molar-refractivity contribution in [2.45, 2.75) is 38.3 Å². The van der Waals surface area contributed by atoms with Gasteiger partial charge in [-0.2, -0.15) is 4.98 Å². The molecule has 152 valence electrons. The standard InChI is InChI=1S/C19H21FN6O3/c20-14-5-3-13(4-6-14)19-21-17(29-23-19)7-8-18(28)25-9-1-2-16(11-25)26-10-15(12-27)22-24-26/h3-6,10,16,27H,1-2,7-9,11-12H2. The topological polar surface area (TPSA) is 110 Å². The zero-order valence-corrected chi connectivity index (χ0v) is 15.7. The van der Waals surface area contributed by atoms with Gasteiger partial charge >= 0.3 is 0 Å². The molecule has 0 saturated carbocycles. The number of nitrogens with zero attached hydrogens (tertiary/aromatic N) is 6. The fraction of sp³-hybridized carbons (Fsp3) is 0.421. The molecule has 1 atom stereocenters. The maximum atomic E-state index is 13.0. The lowest BCUT2D eigenvalue weighted by Crippen LogP contribution is -2.41. The molecule has 29 heavy (non-hydrogen) atoms. The van der Waals surface area contributed by atoms with Gasteiger partial charge in [0.15, 0.2) is 0 Å². The van der Waals surface area contributed by atoms with Gasteiger partial charge in [0, 0.05) is 31.5 Å². The predicted octanol–water partition coefficient (Wildman–Crippen LogP) is 1.76. The summed E-state index contributed by atoms with van der Waals surface area (Å²) in [6.07, 6.45) is 4.10. The first-order valence-electron chi connectivity index (χ1n) is 9.50. The van der Waals surface area contributed by atoms with Crippen LogP contribution in [0.5, 0.6) is 0 Å². The minimum absolute atomic E-state index is 0.0127. The minimum atomic E-state index is -0.332. The third-order valence-electron chi connectivity index (χ3n) is 4.97. The molecule has 1 aliphatic heterocycles. The monoisotopic (exact) mass is 400 g/mol. The van der Waals surface area contributed by atoms with Crippen LogP contribution in [-0.4, -0.2) is 54.1 Å². The van der Waals surface area contributed by atoms with Gasteiger partial charge in [0.05, 0.1) is 18.8 Å². The van der Waals surface area contributed by atoms with Crippen molar-refractivity contribution in [1.82, 2.24) is 30.0 Å². The molecule has 0 radical (unpaired) electrons. The molecule has 0 bridgehead atoms. The fourth-order valence-corrected chi connectivity index (χ4v) is 3.41. The summed E-state index contributed by atoms with van der Waals surface area (Å²) in [5, 5.41) is 21.0. The van der Waals surface area contributed by atoms with Gasteiger partial charge in [0.2, 0.25) is 17.6 Å². The first-order chi connectivity index (χ1) is 14.1. The lowest BCUT2D eigenvalue weighted by Gasteiger charge is -2.32. The minimum Gasteiger partial charge on any atom is -0.390 e. The largest absolute Gasteiger partial charge is 0.390 e. The Labute approximate surface area is 166 Å². The number of aryl methyl sites for hydroxylation is 1. The van der Waals surface area contributed by atoms with Crippen molar-refractivity contribution in [2.75, 3.05) is 13.1 Å². The molecule has 1 amide bonds. The molecule has 1 saturated heterocycles. The Kier molecular flexibility index (Phi) is 5.61. The molecule has 9 nitrogen and oxygen atoms in total. The second-order valence-corrected chi connectivity index (χ2v) is 7.00. The number of halogens is 1. The van der Waals surface area contributed by atoms with Crippen LogP contribution in [0.1, 0.15) is 36.9 Å². The highest BCUT2D eigenvalue weighted by Crippen LogP contribution is 2.22. The van der Waals surface area contributed by atoms with Crippen LogP contribution >= 0.6 is 0 Å². The van der Waals surface area contributed by atoms with E-state index in [9.17, 15) is 9.18 Å². The molecule has 1 aliphatic rings. The number of likely N-dealkylation sites (tertiary alicyclic amines) is 1. The molecule has 1 aromatic carbocycles. The normalized spacial score (nSPS) is 16.9. The first-order valence-corrected chi connectivity index (χ1v) is 9.50. The second kappa shape index (κ2) is 8.48. The van der Waals surface area contributed by atoms with Gasteiger partial charge in [-0.15, -0.1) is 5.10 Å². The van der Waals surface area contributed by atoms with E-state index in [0.717, 1.165) is 12.8 Å². The molecule has 1 N–H and O–H groups in total. The van der Waals surface area contributed by atoms with Gasteiger partial charge in [-0.1, -0.05) is 10.4 Å². The van der Waals surface area contributed by atoms with E-state index in [1.165, 1.54) is 12.1 Å². The highest BCUT2D eigenvalue weighted by molar-refractivity contribution is 5.76. The van der Waals surface area contributed by atoms with Crippen LogP contribution in [0, 0.1) is 5.82 Å². The molecule has 1 unspecified atom stereocenters. The molecule has 10 heteroatoms. The summed E-state index contributed by atoms with van der Waals surface area (Å²) in [5.41, 5.74) is 1.17. The number of benzene rings is 1. The number of aromatic nitrogens is 5. The van der Waals surface area contributed by atoms with E-state index in [4.69, 9.17) is 9.63 Å². The lowest BCUT2D eigenvalue weighted by molar-refractivity contribution is -0.133. The van der Waals surface area contributed by atoms with E-state index in [0.29, 0.717) is 42.5 Å². The van der Waals surface area contributed by atoms with Crippen molar-refractivity contribution in [3.05, 3.63) is 47.9 Å². The Balaban J connectivity index is 1.33. The molecule has 0 aliphatic carbocycles. The van der Waals surface area contributed by atoms with Crippen LogP contribution in [0.15, 0.2) is 35.0 Å². The molecular weight excluding hydrogens is 379 g/mol. The van der Waals surface area contributed by atoms with Crippen molar-refractivity contribution >= 4 is 5.91 Å². The average Bonchev–Trinajstić information content (AvgIpc) is 3.42. The predicted molar refractivity (Wildman–Crippen MR) is 98.8 cm³/mol. The molecule has 1 fully saturated rings. The number of rotatable bonds is 6. The van der Waals surface area contributed by atoms with E-state index in [1.54, 1.807) is 23.0 Å². The van der Waals surface area contributed by atoms with Gasteiger partial charge in [-0.05, 0) is 37.1 Å². The van der Waals surface area contributed by atoms with E-state index in [-0.39, 0.29) is 30.8 Å². The number of hydrogen-bond acceptors (Lipinski definition) is 7. The fourth-order valence-electron chi connectivity index (χ4n) is 3.41. The number of amides is 1. The Morgan fingerprint density at radius 1 is 1.31 bits per heavy atom. The summed E-state index contributed by atoms with van der Waals surface area (Å²) >= 11 is 0. The zero-order valence-electron chi connectivity index (χ0n) is 15.7. The van der Waals surface area contributed by atoms with Gasteiger partial charge in [-0.3, -0.25) is 4.79 Å². The molecular formula is C19H21FN6O3. The van der Waals surface area contributed by atoms with Crippen LogP contribution in [0.2, 0.25) is 0 Å². The number of carbonyl (C=O) groups excluding carboxylic acids is 1. The number of carbonyl (C=O) groups is 1. The SMILES string of the molecule is O=C(CCc1nc(-c2ccc(F)cc2)no1)N1CCCC(n2cc(CO)nn2)C1. The maximum Gasteiger partial charge on any atom is 0.227 e. The van der Waals surface area contributed by atoms with Crippen LogP contribution < -0.4 is 0 Å². The smallest absolute Gasteiger partial charge is 0.227 e. The molecule has 2 aromatic heterocycles. The molecule has 0 spiro atoms. The quantitative estimate of drug-likeness (QED) is 0.671. The van der Waals surface area contributed by atoms with Gasteiger partial charge < -0.3 is 14.5 Å². The van der Waals surface area contributed by atoms with Crippen molar-refractivity contribution < 1.29 is 18.8 Å². The lowest BCUT2D eigenvalue weighted by atomic mass is 10.1. The van der Waals surface area contributed by atoms with E-state index < -0.39 is 0 Å². The summed E-state index contributed by atoms with van der Waals surface area (Å²) in [6.45, 7) is 1.10. The van der Waals surface area contributed by atoms with Crippen LogP contribution in [0.25, 0.3) is 11.4 Å². The van der Waals surface area contributed by atoms with Gasteiger partial charge in [0.25, 0.3) is 0 Å². The second-order valence-electron chi connectivity index (χ2n) is 7.00. The molecule has 3 aromatic rings. The summed E-state index contributed by atoms with van der Waals surface area (Å²) in [5.74, 6) is 0.423. The summed E-state index contributed by atoms with van der Waals surface area (Å²) in [7, 11) is 0. The number of aliphatic hydroxyl groups excluding tert-OH is 1. The molecule has 3 heterocycles. The number of piperidine rings is 1. The van der Waals surface area contributed by atoms with Crippen molar-refractivity contribution in [3.63, 3.8) is 0 Å². The van der Waals surface area contributed by atoms with E-state index in [2.05, 4.69) is 20.5 Å². The summed E-state index contributed by atoms with van der Waals surface area (Å²) in [6, 6.07) is 5.87. The van der Waals surface area contributed by atoms with Gasteiger partial charge in [-0.25, -0.2) is 9.07 Å². The average molecular weight is 400 g/mol. The van der Waals surface area contributed by atoms with Crippen LogP contribution in [-0.2, 0) is 17.8 Å². The number of aliphatic hydroxyl groups is 1. The van der Waals surface area contributed by atoms with Gasteiger partial charge in [0.1, 0.15) is 11.5 Å². The van der Waals surface area contributed by atoms with Crippen molar-refractivity contribution in [3.8, 4) is 11.4 Å². The first kappa shape index (κ1) is 19.2. The van der Waals surface area contributed by atoms with E-state index >= 15 is 0 Å². The highest BCUT2D eigenvalue weighted by atomic mass is 19.1. The third-order valence-corrected chi connectivity index (χ3v) is 4.97.